The highest BCUT2D eigenvalue weighted by Gasteiger charge is 2.81. The molecule has 3 fully saturated rings. The number of esters is 1. The highest BCUT2D eigenvalue weighted by molar-refractivity contribution is 5.91. The monoisotopic (exact) mass is 262 g/mol. The summed E-state index contributed by atoms with van der Waals surface area (Å²) in [6.45, 7) is 6.03. The molecule has 2 aliphatic heterocycles. The Kier molecular flexibility index (Phi) is 2.03. The summed E-state index contributed by atoms with van der Waals surface area (Å²) in [4.78, 5) is 11.7. The molecule has 1 spiro atoms. The summed E-state index contributed by atoms with van der Waals surface area (Å²) in [5.41, 5.74) is 0.967. The lowest BCUT2D eigenvalue weighted by Crippen LogP contribution is -2.39. The minimum Gasteiger partial charge on any atom is -0.455 e. The van der Waals surface area contributed by atoms with E-state index in [1.54, 1.807) is 0 Å². The maximum Gasteiger partial charge on any atom is 0.334 e. The highest BCUT2D eigenvalue weighted by Crippen LogP contribution is 2.69. The van der Waals surface area contributed by atoms with E-state index in [0.29, 0.717) is 5.57 Å². The lowest BCUT2D eigenvalue weighted by molar-refractivity contribution is -0.141. The number of rotatable bonds is 1. The summed E-state index contributed by atoms with van der Waals surface area (Å²) in [7, 11) is 0. The van der Waals surface area contributed by atoms with Gasteiger partial charge < -0.3 is 14.6 Å². The van der Waals surface area contributed by atoms with E-state index in [2.05, 4.69) is 19.6 Å². The van der Waals surface area contributed by atoms with Crippen LogP contribution < -0.4 is 0 Å². The molecule has 2 heterocycles. The Balaban J connectivity index is 1.80. The van der Waals surface area contributed by atoms with E-state index in [9.17, 15) is 9.90 Å². The molecular formula is C15H18O4. The van der Waals surface area contributed by atoms with Crippen LogP contribution in [0.5, 0.6) is 0 Å². The first-order chi connectivity index (χ1) is 9.03. The van der Waals surface area contributed by atoms with Crippen molar-refractivity contribution >= 4 is 5.97 Å². The van der Waals surface area contributed by atoms with Crippen LogP contribution in [-0.2, 0) is 14.3 Å². The number of fused-ring (bicyclic) bond motifs is 1. The molecule has 0 aromatic heterocycles. The van der Waals surface area contributed by atoms with Crippen LogP contribution in [0, 0.1) is 11.8 Å². The number of carbonyl (C=O) groups excluding carboxylic acids is 1. The maximum atomic E-state index is 11.7. The number of carbonyl (C=O) groups is 1. The largest absolute Gasteiger partial charge is 0.455 e. The van der Waals surface area contributed by atoms with Crippen LogP contribution in [0.3, 0.4) is 0 Å². The van der Waals surface area contributed by atoms with E-state index in [1.807, 2.05) is 0 Å². The van der Waals surface area contributed by atoms with Gasteiger partial charge in [-0.05, 0) is 31.8 Å². The average molecular weight is 262 g/mol. The van der Waals surface area contributed by atoms with Gasteiger partial charge in [0.25, 0.3) is 0 Å². The Morgan fingerprint density at radius 2 is 2.37 bits per heavy atom. The molecule has 2 saturated heterocycles. The predicted octanol–water partition coefficient (Wildman–Crippen LogP) is 1.34. The molecule has 1 N–H and O–H groups in total. The first-order valence-electron chi connectivity index (χ1n) is 6.93. The fourth-order valence-corrected chi connectivity index (χ4v) is 4.56. The van der Waals surface area contributed by atoms with E-state index in [0.717, 1.165) is 24.8 Å². The number of aliphatic hydroxyl groups is 1. The van der Waals surface area contributed by atoms with Gasteiger partial charge in [0.1, 0.15) is 11.7 Å². The third-order valence-electron chi connectivity index (χ3n) is 5.58. The molecular weight excluding hydrogens is 244 g/mol. The third-order valence-corrected chi connectivity index (χ3v) is 5.58. The molecule has 4 rings (SSSR count). The fourth-order valence-electron chi connectivity index (χ4n) is 4.56. The molecule has 4 aliphatic rings. The lowest BCUT2D eigenvalue weighted by Gasteiger charge is -2.23. The van der Waals surface area contributed by atoms with Crippen LogP contribution in [0.1, 0.15) is 26.2 Å². The first kappa shape index (κ1) is 11.7. The van der Waals surface area contributed by atoms with Crippen molar-refractivity contribution in [1.82, 2.24) is 0 Å². The Hall–Kier alpha value is -1.13. The molecule has 2 aliphatic carbocycles. The Labute approximate surface area is 112 Å². The number of aliphatic hydroxyl groups excluding tert-OH is 1. The van der Waals surface area contributed by atoms with Gasteiger partial charge in [0.2, 0.25) is 0 Å². The Morgan fingerprint density at radius 1 is 1.58 bits per heavy atom. The average Bonchev–Trinajstić information content (AvgIpc) is 2.77. The van der Waals surface area contributed by atoms with E-state index in [1.165, 1.54) is 0 Å². The van der Waals surface area contributed by atoms with Crippen molar-refractivity contribution < 1.29 is 19.4 Å². The van der Waals surface area contributed by atoms with Crippen molar-refractivity contribution in [2.75, 3.05) is 6.61 Å². The minimum absolute atomic E-state index is 0.0485. The van der Waals surface area contributed by atoms with Crippen molar-refractivity contribution in [1.29, 1.82) is 0 Å². The van der Waals surface area contributed by atoms with Crippen molar-refractivity contribution in [2.24, 2.45) is 11.8 Å². The second kappa shape index (κ2) is 3.30. The summed E-state index contributed by atoms with van der Waals surface area (Å²) in [5.74, 6) is -0.0725. The van der Waals surface area contributed by atoms with Crippen LogP contribution in [0.15, 0.2) is 23.8 Å². The summed E-state index contributed by atoms with van der Waals surface area (Å²) in [6.07, 6.45) is 4.56. The second-order valence-corrected chi connectivity index (χ2v) is 6.35. The normalized spacial score (nSPS) is 50.8. The van der Waals surface area contributed by atoms with Crippen LogP contribution >= 0.6 is 0 Å². The molecule has 4 heteroatoms. The van der Waals surface area contributed by atoms with Crippen molar-refractivity contribution in [2.45, 2.75) is 43.5 Å². The molecule has 1 unspecified atom stereocenters. The van der Waals surface area contributed by atoms with Gasteiger partial charge >= 0.3 is 5.97 Å². The van der Waals surface area contributed by atoms with E-state index >= 15 is 0 Å². The minimum atomic E-state index is -0.419. The molecule has 19 heavy (non-hydrogen) atoms. The molecule has 0 radical (unpaired) electrons. The van der Waals surface area contributed by atoms with Gasteiger partial charge in [0.05, 0.1) is 12.2 Å². The molecule has 102 valence electrons. The van der Waals surface area contributed by atoms with Crippen molar-refractivity contribution in [3.63, 3.8) is 0 Å². The number of ether oxygens (including phenoxy) is 2. The van der Waals surface area contributed by atoms with Crippen LogP contribution in [0.25, 0.3) is 0 Å². The summed E-state index contributed by atoms with van der Waals surface area (Å²) in [5, 5.41) is 9.61. The van der Waals surface area contributed by atoms with Gasteiger partial charge in [-0.15, -0.1) is 0 Å². The molecule has 0 amide bonds. The Bertz CT molecular complexity index is 522. The first-order valence-corrected chi connectivity index (χ1v) is 6.93. The zero-order valence-corrected chi connectivity index (χ0v) is 11.0. The maximum absolute atomic E-state index is 11.7. The van der Waals surface area contributed by atoms with Gasteiger partial charge in [-0.3, -0.25) is 0 Å². The predicted molar refractivity (Wildman–Crippen MR) is 67.2 cm³/mol. The third kappa shape index (κ3) is 1.15. The molecule has 1 saturated carbocycles. The van der Waals surface area contributed by atoms with Crippen LogP contribution in [0.4, 0.5) is 0 Å². The smallest absolute Gasteiger partial charge is 0.334 e. The molecule has 5 atom stereocenters. The topological polar surface area (TPSA) is 59.1 Å². The fraction of sp³-hybridized carbons (Fsp3) is 0.667. The van der Waals surface area contributed by atoms with Gasteiger partial charge in [0, 0.05) is 17.4 Å². The van der Waals surface area contributed by atoms with Gasteiger partial charge in [-0.25, -0.2) is 4.79 Å². The standard InChI is InChI=1S/C15H18O4/c1-8-10-6-11-9(7-16)4-3-5-14(2)15(11,19-14)12(10)18-13(8)17/h4,10-12,16H,1,3,5-7H2,2H3/t10-,11?,12-,14+,15-/m0/s1. The summed E-state index contributed by atoms with van der Waals surface area (Å²) >= 11 is 0. The van der Waals surface area contributed by atoms with Crippen molar-refractivity contribution in [3.8, 4) is 0 Å². The van der Waals surface area contributed by atoms with Crippen LogP contribution in [-0.4, -0.2) is 35.0 Å². The SMILES string of the molecule is C=C1C(=O)O[C@H]2[C@H]1CC1C(CO)=CCC[C@@]3(C)O[C@@]123. The number of epoxide rings is 1. The number of allylic oxidation sites excluding steroid dienone is 1. The quantitative estimate of drug-likeness (QED) is 0.335. The highest BCUT2D eigenvalue weighted by atomic mass is 16.7. The Morgan fingerprint density at radius 3 is 3.11 bits per heavy atom. The zero-order chi connectivity index (χ0) is 13.4. The van der Waals surface area contributed by atoms with Gasteiger partial charge in [-0.2, -0.15) is 0 Å². The van der Waals surface area contributed by atoms with Gasteiger partial charge in [-0.1, -0.05) is 12.7 Å². The van der Waals surface area contributed by atoms with E-state index in [-0.39, 0.29) is 36.1 Å². The summed E-state index contributed by atoms with van der Waals surface area (Å²) in [6, 6.07) is 0. The molecule has 4 nitrogen and oxygen atoms in total. The van der Waals surface area contributed by atoms with E-state index < -0.39 is 5.60 Å². The molecule has 0 aromatic rings. The van der Waals surface area contributed by atoms with Crippen molar-refractivity contribution in [3.05, 3.63) is 23.8 Å². The molecule has 0 aromatic carbocycles. The van der Waals surface area contributed by atoms with E-state index in [4.69, 9.17) is 9.47 Å². The molecule has 0 bridgehead atoms. The number of hydrogen-bond donors (Lipinski definition) is 1. The summed E-state index contributed by atoms with van der Waals surface area (Å²) < 4.78 is 11.7. The lowest BCUT2D eigenvalue weighted by atomic mass is 9.80. The zero-order valence-electron chi connectivity index (χ0n) is 11.0. The van der Waals surface area contributed by atoms with Crippen LogP contribution in [0.2, 0.25) is 0 Å². The van der Waals surface area contributed by atoms with Gasteiger partial charge in [0.15, 0.2) is 0 Å². The second-order valence-electron chi connectivity index (χ2n) is 6.35. The number of hydrogen-bond acceptors (Lipinski definition) is 4.